The van der Waals surface area contributed by atoms with Gasteiger partial charge in [-0.2, -0.15) is 0 Å². The van der Waals surface area contributed by atoms with Gasteiger partial charge in [0.1, 0.15) is 10.9 Å². The van der Waals surface area contributed by atoms with Crippen LogP contribution in [0.5, 0.6) is 0 Å². The Balaban J connectivity index is 2.78. The highest BCUT2D eigenvalue weighted by atomic mass is 32.1. The number of amides is 1. The summed E-state index contributed by atoms with van der Waals surface area (Å²) in [4.78, 5) is 33.2. The first-order valence-electron chi connectivity index (χ1n) is 5.02. The highest BCUT2D eigenvalue weighted by molar-refractivity contribution is 7.08. The quantitative estimate of drug-likeness (QED) is 0.652. The predicted octanol–water partition coefficient (Wildman–Crippen LogP) is -0.242. The van der Waals surface area contributed by atoms with Crippen LogP contribution >= 0.6 is 11.5 Å². The van der Waals surface area contributed by atoms with Crippen molar-refractivity contribution in [2.24, 2.45) is 0 Å². The molecule has 98 valence electrons. The molecule has 0 bridgehead atoms. The number of nitrogens with one attached hydrogen (secondary N) is 1. The van der Waals surface area contributed by atoms with E-state index in [0.717, 1.165) is 11.5 Å². The third-order valence-electron chi connectivity index (χ3n) is 2.08. The molecule has 1 heterocycles. The molecule has 0 fully saturated rings. The van der Waals surface area contributed by atoms with E-state index in [9.17, 15) is 14.4 Å². The largest absolute Gasteiger partial charge is 0.481 e. The molecule has 0 aliphatic heterocycles. The minimum atomic E-state index is -1.47. The molecule has 0 saturated carbocycles. The molecule has 0 unspecified atom stereocenters. The molecule has 1 amide bonds. The Hall–Kier alpha value is -2.03. The highest BCUT2D eigenvalue weighted by Gasteiger charge is 2.25. The van der Waals surface area contributed by atoms with Crippen LogP contribution in [0.3, 0.4) is 0 Å². The molecular weight excluding hydrogens is 262 g/mol. The SMILES string of the molecule is CCc1nnsc1C(=O)N[C@@H](CC(=O)O)C(=O)O. The minimum Gasteiger partial charge on any atom is -0.481 e. The highest BCUT2D eigenvalue weighted by Crippen LogP contribution is 2.11. The number of aliphatic carboxylic acids is 2. The van der Waals surface area contributed by atoms with Crippen molar-refractivity contribution in [2.75, 3.05) is 0 Å². The number of nitrogens with zero attached hydrogens (tertiary/aromatic N) is 2. The first-order valence-corrected chi connectivity index (χ1v) is 5.79. The second kappa shape index (κ2) is 6.05. The summed E-state index contributed by atoms with van der Waals surface area (Å²) in [6.07, 6.45) is -0.204. The molecule has 1 atom stereocenters. The Bertz CT molecular complexity index is 473. The summed E-state index contributed by atoms with van der Waals surface area (Å²) in [7, 11) is 0. The molecule has 0 saturated heterocycles. The molecule has 0 aromatic carbocycles. The van der Waals surface area contributed by atoms with E-state index in [-0.39, 0.29) is 4.88 Å². The number of carbonyl (C=O) groups is 3. The molecule has 1 rings (SSSR count). The molecule has 1 aromatic rings. The number of hydrogen-bond acceptors (Lipinski definition) is 6. The lowest BCUT2D eigenvalue weighted by molar-refractivity contribution is -0.145. The van der Waals surface area contributed by atoms with Gasteiger partial charge >= 0.3 is 11.9 Å². The molecule has 9 heteroatoms. The summed E-state index contributed by atoms with van der Waals surface area (Å²) in [5.41, 5.74) is 0.456. The first-order chi connectivity index (χ1) is 8.45. The van der Waals surface area contributed by atoms with E-state index in [1.54, 1.807) is 6.92 Å². The number of hydrogen-bond donors (Lipinski definition) is 3. The van der Waals surface area contributed by atoms with Gasteiger partial charge in [0, 0.05) is 0 Å². The Morgan fingerprint density at radius 1 is 1.39 bits per heavy atom. The van der Waals surface area contributed by atoms with Crippen molar-refractivity contribution in [3.63, 3.8) is 0 Å². The summed E-state index contributed by atoms with van der Waals surface area (Å²) in [5, 5.41) is 23.2. The van der Waals surface area contributed by atoms with Crippen molar-refractivity contribution < 1.29 is 24.6 Å². The van der Waals surface area contributed by atoms with Gasteiger partial charge in [0.15, 0.2) is 0 Å². The molecule has 0 aliphatic rings. The van der Waals surface area contributed by atoms with E-state index in [1.165, 1.54) is 0 Å². The van der Waals surface area contributed by atoms with Gasteiger partial charge in [-0.25, -0.2) is 4.79 Å². The van der Waals surface area contributed by atoms with E-state index in [2.05, 4.69) is 14.9 Å². The Morgan fingerprint density at radius 2 is 2.06 bits per heavy atom. The van der Waals surface area contributed by atoms with E-state index >= 15 is 0 Å². The first kappa shape index (κ1) is 14.0. The lowest BCUT2D eigenvalue weighted by atomic mass is 10.2. The molecule has 0 aliphatic carbocycles. The minimum absolute atomic E-state index is 0.203. The van der Waals surface area contributed by atoms with Crippen molar-refractivity contribution >= 4 is 29.4 Å². The standard InChI is InChI=1S/C9H11N3O5S/c1-2-4-7(18-12-11-4)8(15)10-5(9(16)17)3-6(13)14/h5H,2-3H2,1H3,(H,10,15)(H,13,14)(H,16,17)/t5-/m0/s1. The van der Waals surface area contributed by atoms with Crippen LogP contribution < -0.4 is 5.32 Å². The van der Waals surface area contributed by atoms with Crippen LogP contribution in [0, 0.1) is 0 Å². The second-order valence-electron chi connectivity index (χ2n) is 3.36. The molecule has 0 radical (unpaired) electrons. The van der Waals surface area contributed by atoms with Gasteiger partial charge in [-0.15, -0.1) is 5.10 Å². The topological polar surface area (TPSA) is 129 Å². The monoisotopic (exact) mass is 273 g/mol. The van der Waals surface area contributed by atoms with E-state index < -0.39 is 30.3 Å². The van der Waals surface area contributed by atoms with E-state index in [4.69, 9.17) is 10.2 Å². The predicted molar refractivity (Wildman–Crippen MR) is 60.4 cm³/mol. The van der Waals surface area contributed by atoms with Crippen molar-refractivity contribution in [3.8, 4) is 0 Å². The van der Waals surface area contributed by atoms with Gasteiger partial charge in [-0.1, -0.05) is 11.4 Å². The Kier molecular flexibility index (Phi) is 4.72. The average Bonchev–Trinajstić information content (AvgIpc) is 2.75. The van der Waals surface area contributed by atoms with Crippen LogP contribution in [-0.4, -0.2) is 43.7 Å². The fourth-order valence-corrected chi connectivity index (χ4v) is 1.86. The van der Waals surface area contributed by atoms with E-state index in [0.29, 0.717) is 12.1 Å². The molecular formula is C9H11N3O5S. The van der Waals surface area contributed by atoms with Gasteiger partial charge in [-0.05, 0) is 18.0 Å². The number of aryl methyl sites for hydroxylation is 1. The van der Waals surface area contributed by atoms with Crippen LogP contribution in [-0.2, 0) is 16.0 Å². The average molecular weight is 273 g/mol. The third kappa shape index (κ3) is 3.48. The van der Waals surface area contributed by atoms with Crippen LogP contribution in [0.25, 0.3) is 0 Å². The van der Waals surface area contributed by atoms with Gasteiger partial charge < -0.3 is 15.5 Å². The zero-order valence-corrected chi connectivity index (χ0v) is 10.2. The lowest BCUT2D eigenvalue weighted by Gasteiger charge is -2.11. The van der Waals surface area contributed by atoms with Gasteiger partial charge in [0.05, 0.1) is 12.1 Å². The molecule has 18 heavy (non-hydrogen) atoms. The third-order valence-corrected chi connectivity index (χ3v) is 2.85. The summed E-state index contributed by atoms with van der Waals surface area (Å²) in [5.74, 6) is -3.38. The number of carboxylic acid groups (broad SMARTS) is 2. The number of aromatic nitrogens is 2. The number of rotatable bonds is 6. The number of carbonyl (C=O) groups excluding carboxylic acids is 1. The number of carboxylic acids is 2. The van der Waals surface area contributed by atoms with Gasteiger partial charge in [0.2, 0.25) is 0 Å². The zero-order valence-electron chi connectivity index (χ0n) is 9.41. The maximum absolute atomic E-state index is 11.7. The fraction of sp³-hybridized carbons (Fsp3) is 0.444. The molecule has 1 aromatic heterocycles. The molecule has 0 spiro atoms. The van der Waals surface area contributed by atoms with Crippen molar-refractivity contribution in [1.82, 2.24) is 14.9 Å². The summed E-state index contributed by atoms with van der Waals surface area (Å²) in [6, 6.07) is -1.47. The van der Waals surface area contributed by atoms with Crippen LogP contribution in [0.4, 0.5) is 0 Å². The summed E-state index contributed by atoms with van der Waals surface area (Å²) in [6.45, 7) is 1.78. The normalized spacial score (nSPS) is 11.8. The summed E-state index contributed by atoms with van der Waals surface area (Å²) >= 11 is 0.841. The van der Waals surface area contributed by atoms with E-state index in [1.807, 2.05) is 0 Å². The lowest BCUT2D eigenvalue weighted by Crippen LogP contribution is -2.42. The van der Waals surface area contributed by atoms with Crippen molar-refractivity contribution in [1.29, 1.82) is 0 Å². The maximum Gasteiger partial charge on any atom is 0.326 e. The van der Waals surface area contributed by atoms with Crippen molar-refractivity contribution in [3.05, 3.63) is 10.6 Å². The molecule has 8 nitrogen and oxygen atoms in total. The molecule has 3 N–H and O–H groups in total. The smallest absolute Gasteiger partial charge is 0.326 e. The van der Waals surface area contributed by atoms with Crippen LogP contribution in [0.1, 0.15) is 28.7 Å². The fourth-order valence-electron chi connectivity index (χ4n) is 1.21. The second-order valence-corrected chi connectivity index (χ2v) is 4.12. The van der Waals surface area contributed by atoms with Crippen molar-refractivity contribution in [2.45, 2.75) is 25.8 Å². The zero-order chi connectivity index (χ0) is 13.7. The Labute approximate surface area is 106 Å². The summed E-state index contributed by atoms with van der Waals surface area (Å²) < 4.78 is 3.59. The van der Waals surface area contributed by atoms with Gasteiger partial charge in [-0.3, -0.25) is 9.59 Å². The van der Waals surface area contributed by atoms with Crippen LogP contribution in [0.2, 0.25) is 0 Å². The van der Waals surface area contributed by atoms with Crippen LogP contribution in [0.15, 0.2) is 0 Å². The Morgan fingerprint density at radius 3 is 2.56 bits per heavy atom. The maximum atomic E-state index is 11.7. The van der Waals surface area contributed by atoms with Gasteiger partial charge in [0.25, 0.3) is 5.91 Å².